The van der Waals surface area contributed by atoms with Gasteiger partial charge in [-0.25, -0.2) is 0 Å². The summed E-state index contributed by atoms with van der Waals surface area (Å²) in [4.78, 5) is 11.8. The van der Waals surface area contributed by atoms with Crippen LogP contribution < -0.4 is 0 Å². The molecule has 0 spiro atoms. The zero-order valence-electron chi connectivity index (χ0n) is 12.1. The number of Topliss-reactive ketones (excluding diaryl/α,β-unsaturated/α-hetero) is 1. The lowest BCUT2D eigenvalue weighted by molar-refractivity contribution is 0.101. The van der Waals surface area contributed by atoms with Gasteiger partial charge in [0.15, 0.2) is 5.78 Å². The largest absolute Gasteiger partial charge is 0.295 e. The van der Waals surface area contributed by atoms with E-state index in [2.05, 4.69) is 38.1 Å². The van der Waals surface area contributed by atoms with Crippen molar-refractivity contribution in [3.05, 3.63) is 47.0 Å². The Hall–Kier alpha value is -1.63. The van der Waals surface area contributed by atoms with Crippen LogP contribution >= 0.6 is 0 Å². The number of fused-ring (bicyclic) bond motifs is 1. The lowest BCUT2D eigenvalue weighted by atomic mass is 9.91. The molecule has 1 nitrogen and oxygen atoms in total. The van der Waals surface area contributed by atoms with Gasteiger partial charge in [-0.15, -0.1) is 0 Å². The number of hydrogen-bond acceptors (Lipinski definition) is 1. The second kappa shape index (κ2) is 6.01. The van der Waals surface area contributed by atoms with Gasteiger partial charge in [0.25, 0.3) is 0 Å². The van der Waals surface area contributed by atoms with Crippen LogP contribution in [0.1, 0.15) is 55.1 Å². The van der Waals surface area contributed by atoms with Gasteiger partial charge in [-0.05, 0) is 41.7 Å². The van der Waals surface area contributed by atoms with E-state index in [1.165, 1.54) is 21.9 Å². The number of ketones is 1. The standard InChI is InChI=1S/C18H22O/c1-4-7-14-9-6-10-18-16(14)12-11-15(13(3)19)17(18)8-5-2/h6,9-12H,4-5,7-8H2,1-3H3. The Morgan fingerprint density at radius 2 is 1.68 bits per heavy atom. The fourth-order valence-electron chi connectivity index (χ4n) is 2.82. The molecule has 100 valence electrons. The summed E-state index contributed by atoms with van der Waals surface area (Å²) in [5.41, 5.74) is 3.51. The normalized spacial score (nSPS) is 10.9. The van der Waals surface area contributed by atoms with E-state index in [1.54, 1.807) is 6.92 Å². The quantitative estimate of drug-likeness (QED) is 0.690. The molecule has 0 saturated heterocycles. The minimum Gasteiger partial charge on any atom is -0.295 e. The van der Waals surface area contributed by atoms with Crippen LogP contribution in [0.15, 0.2) is 30.3 Å². The molecule has 2 aromatic carbocycles. The molecule has 0 aliphatic rings. The maximum atomic E-state index is 11.8. The van der Waals surface area contributed by atoms with Crippen LogP contribution in [-0.4, -0.2) is 5.78 Å². The van der Waals surface area contributed by atoms with Crippen molar-refractivity contribution in [2.24, 2.45) is 0 Å². The van der Waals surface area contributed by atoms with Gasteiger partial charge >= 0.3 is 0 Å². The van der Waals surface area contributed by atoms with Crippen LogP contribution in [0.25, 0.3) is 10.8 Å². The number of carbonyl (C=O) groups is 1. The van der Waals surface area contributed by atoms with Crippen LogP contribution in [0.2, 0.25) is 0 Å². The van der Waals surface area contributed by atoms with Crippen LogP contribution in [-0.2, 0) is 12.8 Å². The van der Waals surface area contributed by atoms with Gasteiger partial charge in [0.05, 0.1) is 0 Å². The molecule has 0 unspecified atom stereocenters. The van der Waals surface area contributed by atoms with Gasteiger partial charge in [-0.3, -0.25) is 4.79 Å². The first-order valence-electron chi connectivity index (χ1n) is 7.23. The number of benzene rings is 2. The average molecular weight is 254 g/mol. The zero-order chi connectivity index (χ0) is 13.8. The third kappa shape index (κ3) is 2.70. The van der Waals surface area contributed by atoms with Crippen molar-refractivity contribution in [1.82, 2.24) is 0 Å². The van der Waals surface area contributed by atoms with E-state index in [-0.39, 0.29) is 5.78 Å². The maximum absolute atomic E-state index is 11.8. The Labute approximate surface area is 115 Å². The second-order valence-electron chi connectivity index (χ2n) is 5.16. The van der Waals surface area contributed by atoms with Crippen LogP contribution in [0.5, 0.6) is 0 Å². The lowest BCUT2D eigenvalue weighted by Gasteiger charge is -2.13. The Bertz CT molecular complexity index is 596. The number of carbonyl (C=O) groups excluding carboxylic acids is 1. The summed E-state index contributed by atoms with van der Waals surface area (Å²) < 4.78 is 0. The Kier molecular flexibility index (Phi) is 4.36. The molecule has 1 heteroatoms. The summed E-state index contributed by atoms with van der Waals surface area (Å²) in [6.45, 7) is 6.03. The van der Waals surface area contributed by atoms with Crippen LogP contribution in [0.3, 0.4) is 0 Å². The molecule has 0 radical (unpaired) electrons. The molecule has 0 fully saturated rings. The smallest absolute Gasteiger partial charge is 0.160 e. The van der Waals surface area contributed by atoms with E-state index < -0.39 is 0 Å². The first-order chi connectivity index (χ1) is 9.19. The minimum absolute atomic E-state index is 0.172. The van der Waals surface area contributed by atoms with Gasteiger partial charge < -0.3 is 0 Å². The molecular weight excluding hydrogens is 232 g/mol. The summed E-state index contributed by atoms with van der Waals surface area (Å²) >= 11 is 0. The second-order valence-corrected chi connectivity index (χ2v) is 5.16. The van der Waals surface area contributed by atoms with E-state index in [9.17, 15) is 4.79 Å². The molecule has 0 N–H and O–H groups in total. The highest BCUT2D eigenvalue weighted by Crippen LogP contribution is 2.27. The van der Waals surface area contributed by atoms with Crippen LogP contribution in [0, 0.1) is 0 Å². The first-order valence-corrected chi connectivity index (χ1v) is 7.23. The average Bonchev–Trinajstić information content (AvgIpc) is 2.40. The summed E-state index contributed by atoms with van der Waals surface area (Å²) in [5, 5.41) is 2.58. The van der Waals surface area contributed by atoms with Gasteiger partial charge in [-0.2, -0.15) is 0 Å². The highest BCUT2D eigenvalue weighted by atomic mass is 16.1. The maximum Gasteiger partial charge on any atom is 0.160 e. The first kappa shape index (κ1) is 13.8. The van der Waals surface area contributed by atoms with E-state index in [0.717, 1.165) is 31.2 Å². The van der Waals surface area contributed by atoms with E-state index in [4.69, 9.17) is 0 Å². The molecule has 0 aliphatic heterocycles. The summed E-state index contributed by atoms with van der Waals surface area (Å²) in [7, 11) is 0. The van der Waals surface area contributed by atoms with Gasteiger partial charge in [0.1, 0.15) is 0 Å². The molecule has 0 heterocycles. The van der Waals surface area contributed by atoms with E-state index >= 15 is 0 Å². The topological polar surface area (TPSA) is 17.1 Å². The molecule has 0 amide bonds. The summed E-state index contributed by atoms with van der Waals surface area (Å²) in [6, 6.07) is 10.6. The third-order valence-electron chi connectivity index (χ3n) is 3.66. The van der Waals surface area contributed by atoms with Crippen molar-refractivity contribution in [1.29, 1.82) is 0 Å². The van der Waals surface area contributed by atoms with Gasteiger partial charge in [0, 0.05) is 5.56 Å². The molecule has 0 aliphatic carbocycles. The molecule has 2 aromatic rings. The predicted molar refractivity (Wildman–Crippen MR) is 81.9 cm³/mol. The number of rotatable bonds is 5. The van der Waals surface area contributed by atoms with Crippen molar-refractivity contribution < 1.29 is 4.79 Å². The lowest BCUT2D eigenvalue weighted by Crippen LogP contribution is -2.01. The van der Waals surface area contributed by atoms with Crippen molar-refractivity contribution in [3.63, 3.8) is 0 Å². The number of aryl methyl sites for hydroxylation is 2. The third-order valence-corrected chi connectivity index (χ3v) is 3.66. The summed E-state index contributed by atoms with van der Waals surface area (Å²) in [6.07, 6.45) is 4.29. The Balaban J connectivity index is 2.71. The van der Waals surface area contributed by atoms with Gasteiger partial charge in [0.2, 0.25) is 0 Å². The zero-order valence-corrected chi connectivity index (χ0v) is 12.1. The molecule has 0 aromatic heterocycles. The van der Waals surface area contributed by atoms with E-state index in [1.807, 2.05) is 6.07 Å². The SMILES string of the molecule is CCCc1cccc2c(CCC)c(C(C)=O)ccc12. The fraction of sp³-hybridized carbons (Fsp3) is 0.389. The molecule has 0 saturated carbocycles. The van der Waals surface area contributed by atoms with Gasteiger partial charge in [-0.1, -0.05) is 57.0 Å². The van der Waals surface area contributed by atoms with Crippen molar-refractivity contribution in [3.8, 4) is 0 Å². The molecule has 19 heavy (non-hydrogen) atoms. The fourth-order valence-corrected chi connectivity index (χ4v) is 2.82. The minimum atomic E-state index is 0.172. The van der Waals surface area contributed by atoms with Crippen molar-refractivity contribution >= 4 is 16.6 Å². The molecule has 2 rings (SSSR count). The Morgan fingerprint density at radius 3 is 2.32 bits per heavy atom. The van der Waals surface area contributed by atoms with Crippen molar-refractivity contribution in [2.45, 2.75) is 46.5 Å². The highest BCUT2D eigenvalue weighted by molar-refractivity contribution is 6.02. The molecule has 0 atom stereocenters. The summed E-state index contributed by atoms with van der Waals surface area (Å²) in [5.74, 6) is 0.172. The van der Waals surface area contributed by atoms with E-state index in [0.29, 0.717) is 0 Å². The van der Waals surface area contributed by atoms with Crippen molar-refractivity contribution in [2.75, 3.05) is 0 Å². The monoisotopic (exact) mass is 254 g/mol. The highest BCUT2D eigenvalue weighted by Gasteiger charge is 2.11. The Morgan fingerprint density at radius 1 is 0.947 bits per heavy atom. The van der Waals surface area contributed by atoms with Crippen LogP contribution in [0.4, 0.5) is 0 Å². The molecular formula is C18H22O. The molecule has 0 bridgehead atoms. The number of hydrogen-bond donors (Lipinski definition) is 0. The predicted octanol–water partition coefficient (Wildman–Crippen LogP) is 4.95.